The molecule has 4 aromatic heterocycles. The molecule has 360 valence electrons. The lowest BCUT2D eigenvalue weighted by atomic mass is 9.87. The summed E-state index contributed by atoms with van der Waals surface area (Å²) in [5.74, 6) is -0.824. The van der Waals surface area contributed by atoms with E-state index in [0.717, 1.165) is 87.4 Å². The van der Waals surface area contributed by atoms with Gasteiger partial charge >= 0.3 is 0 Å². The monoisotopic (exact) mass is 948 g/mol. The van der Waals surface area contributed by atoms with E-state index in [1.54, 1.807) is 0 Å². The Morgan fingerprint density at radius 3 is 1.26 bits per heavy atom. The first kappa shape index (κ1) is 47.2. The summed E-state index contributed by atoms with van der Waals surface area (Å²) >= 11 is 0. The molecule has 0 saturated heterocycles. The van der Waals surface area contributed by atoms with Gasteiger partial charge in [-0.15, -0.1) is 0 Å². The van der Waals surface area contributed by atoms with E-state index in [2.05, 4.69) is 89.5 Å². The Labute approximate surface area is 421 Å². The van der Waals surface area contributed by atoms with Crippen LogP contribution >= 0.6 is 0 Å². The number of anilines is 2. The normalized spacial score (nSPS) is 13.7. The summed E-state index contributed by atoms with van der Waals surface area (Å²) < 4.78 is 0. The fourth-order valence-corrected chi connectivity index (χ4v) is 10.5. The van der Waals surface area contributed by atoms with Crippen LogP contribution in [0.25, 0.3) is 33.6 Å². The number of hydrogen-bond donors (Lipinski definition) is 6. The summed E-state index contributed by atoms with van der Waals surface area (Å²) in [6.45, 7) is 15.0. The second-order valence-corrected chi connectivity index (χ2v) is 18.9. The number of hydrogen-bond acceptors (Lipinski definition) is 4. The summed E-state index contributed by atoms with van der Waals surface area (Å²) in [6.07, 6.45) is 7.43. The van der Waals surface area contributed by atoms with Crippen LogP contribution in [0.15, 0.2) is 143 Å². The lowest BCUT2D eigenvalue weighted by molar-refractivity contribution is 0.101. The molecule has 72 heavy (non-hydrogen) atoms. The second-order valence-electron chi connectivity index (χ2n) is 18.9. The van der Waals surface area contributed by atoms with Crippen molar-refractivity contribution in [1.82, 2.24) is 19.9 Å². The summed E-state index contributed by atoms with van der Waals surface area (Å²) in [6, 6.07) is 43.9. The van der Waals surface area contributed by atoms with Crippen molar-refractivity contribution in [2.75, 3.05) is 10.6 Å². The molecule has 6 N–H and O–H groups in total. The van der Waals surface area contributed by atoms with Crippen molar-refractivity contribution in [3.8, 4) is 33.6 Å². The van der Waals surface area contributed by atoms with Crippen molar-refractivity contribution < 1.29 is 9.59 Å². The molecular formula is C62H60N8O2. The van der Waals surface area contributed by atoms with E-state index < -0.39 is 0 Å². The molecule has 10 heteroatoms. The van der Waals surface area contributed by atoms with Crippen LogP contribution in [0, 0.1) is 34.6 Å². The number of aromatic amines is 4. The summed E-state index contributed by atoms with van der Waals surface area (Å²) in [4.78, 5) is 55.0. The maximum Gasteiger partial charge on any atom is 0.272 e. The fraction of sp³-hybridized carbons (Fsp3) is 0.194. The van der Waals surface area contributed by atoms with E-state index >= 15 is 0 Å². The van der Waals surface area contributed by atoms with Crippen molar-refractivity contribution in [2.24, 2.45) is 9.98 Å². The number of nitrogens with zero attached hydrogens (tertiary/aromatic N) is 2. The lowest BCUT2D eigenvalue weighted by Gasteiger charge is -2.19. The fourth-order valence-electron chi connectivity index (χ4n) is 10.5. The second kappa shape index (κ2) is 20.1. The Balaban J connectivity index is 1.21. The highest BCUT2D eigenvalue weighted by molar-refractivity contribution is 6.12. The largest absolute Gasteiger partial charge is 0.356 e. The third-order valence-corrected chi connectivity index (χ3v) is 14.2. The number of H-pyrrole nitrogens is 4. The first-order valence-corrected chi connectivity index (χ1v) is 25.0. The topological polar surface area (TPSA) is 146 Å². The van der Waals surface area contributed by atoms with Crippen LogP contribution in [0.4, 0.5) is 22.7 Å². The molecule has 1 aliphatic rings. The van der Waals surface area contributed by atoms with E-state index in [0.29, 0.717) is 45.5 Å². The number of aromatic nitrogens is 4. The van der Waals surface area contributed by atoms with Crippen molar-refractivity contribution in [2.45, 2.75) is 80.1 Å². The van der Waals surface area contributed by atoms with Crippen LogP contribution < -0.4 is 10.6 Å². The predicted molar refractivity (Wildman–Crippen MR) is 295 cm³/mol. The van der Waals surface area contributed by atoms with E-state index in [1.807, 2.05) is 135 Å². The molecule has 0 spiro atoms. The molecule has 1 aliphatic heterocycles. The van der Waals surface area contributed by atoms with Crippen LogP contribution in [-0.4, -0.2) is 44.2 Å². The summed E-state index contributed by atoms with van der Waals surface area (Å²) in [5.41, 5.74) is 20.6. The third kappa shape index (κ3) is 8.85. The summed E-state index contributed by atoms with van der Waals surface area (Å²) in [5, 5.41) is 6.48. The molecule has 0 fully saturated rings. The van der Waals surface area contributed by atoms with Gasteiger partial charge in [0.25, 0.3) is 11.8 Å². The van der Waals surface area contributed by atoms with Gasteiger partial charge in [0, 0.05) is 22.5 Å². The van der Waals surface area contributed by atoms with E-state index in [-0.39, 0.29) is 17.7 Å². The summed E-state index contributed by atoms with van der Waals surface area (Å²) in [7, 11) is 0. The van der Waals surface area contributed by atoms with Crippen molar-refractivity contribution in [3.63, 3.8) is 0 Å². The molecule has 0 atom stereocenters. The third-order valence-electron chi connectivity index (χ3n) is 14.2. The minimum Gasteiger partial charge on any atom is -0.356 e. The molecule has 2 amide bonds. The number of fused-ring (bicyclic) bond motifs is 11. The smallest absolute Gasteiger partial charge is 0.272 e. The average Bonchev–Trinajstić information content (AvgIpc) is 4.11. The van der Waals surface area contributed by atoms with E-state index in [9.17, 15) is 9.59 Å². The number of nitrogens with one attached hydrogen (secondary N) is 6. The van der Waals surface area contributed by atoms with Gasteiger partial charge in [-0.05, 0) is 122 Å². The number of aliphatic imine (C=N–C) groups is 2. The number of carbonyl (C=O) groups excluding carboxylic acids is 2. The van der Waals surface area contributed by atoms with Gasteiger partial charge in [-0.25, -0.2) is 0 Å². The Bertz CT molecular complexity index is 3320. The molecule has 10 rings (SSSR count). The van der Waals surface area contributed by atoms with Gasteiger partial charge < -0.3 is 30.6 Å². The van der Waals surface area contributed by atoms with Crippen LogP contribution in [0.1, 0.15) is 121 Å². The molecule has 0 radical (unpaired) electrons. The van der Waals surface area contributed by atoms with Gasteiger partial charge in [0.15, 0.2) is 0 Å². The van der Waals surface area contributed by atoms with Crippen LogP contribution in [0.3, 0.4) is 0 Å². The van der Waals surface area contributed by atoms with Gasteiger partial charge in [0.05, 0.1) is 63.9 Å². The standard InChI is InChI=1S/C62H60N8O2/c1-8-20-44-37(4)55-54(43-32-30-36(3)31-33-43)56-38(5)45(21-9-2)51(66-56)35-64-47-27-17-19-29-49(47)68-62(72)60-53(42-24-14-11-15-25-42)40(7)58(70-60)57-39(6)52(41-22-12-10-13-23-41)59(69-57)61(71)67-48-28-18-16-26-46(48)63-34-50(44)65-55/h10-19,22-35,54,65-66,69-70H,8-9,20-21H2,1-7H3,(H,67,71)(H,68,72). The minimum absolute atomic E-state index is 0.172. The highest BCUT2D eigenvalue weighted by atomic mass is 16.2. The van der Waals surface area contributed by atoms with Gasteiger partial charge in [-0.3, -0.25) is 19.6 Å². The van der Waals surface area contributed by atoms with Gasteiger partial charge in [-0.1, -0.05) is 141 Å². The molecule has 5 heterocycles. The van der Waals surface area contributed by atoms with Gasteiger partial charge in [0.2, 0.25) is 0 Å². The van der Waals surface area contributed by atoms with E-state index in [1.165, 1.54) is 27.8 Å². The molecule has 0 saturated carbocycles. The molecule has 5 aromatic carbocycles. The molecule has 8 bridgehead atoms. The van der Waals surface area contributed by atoms with Crippen molar-refractivity contribution in [1.29, 1.82) is 0 Å². The zero-order valence-corrected chi connectivity index (χ0v) is 42.0. The average molecular weight is 949 g/mol. The molecule has 0 unspecified atom stereocenters. The Morgan fingerprint density at radius 1 is 0.444 bits per heavy atom. The quantitative estimate of drug-likeness (QED) is 0.0945. The molecule has 10 nitrogen and oxygen atoms in total. The number of carbonyl (C=O) groups is 2. The van der Waals surface area contributed by atoms with Crippen LogP contribution in [-0.2, 0) is 12.8 Å². The number of amides is 2. The SMILES string of the molecule is CCCc1c2[nH]c(c1C)C(c1ccc(C)cc1)c1[nH]c(c(CCC)c1C)C=Nc1ccccc1NC(=O)c1[nH]c(c(C)c1-c1ccccc1)-c1[nH]c(c(-c3ccccc3)c1C)C(=O)Nc1ccccc1N=C2. The Morgan fingerprint density at radius 2 is 0.847 bits per heavy atom. The van der Waals surface area contributed by atoms with Crippen molar-refractivity contribution in [3.05, 3.63) is 212 Å². The number of aryl methyl sites for hydroxylation is 1. The molecule has 0 aliphatic carbocycles. The number of rotatable bonds is 7. The molecule has 9 aromatic rings. The zero-order valence-electron chi connectivity index (χ0n) is 42.0. The lowest BCUT2D eigenvalue weighted by Crippen LogP contribution is -2.14. The predicted octanol–water partition coefficient (Wildman–Crippen LogP) is 14.9. The minimum atomic E-state index is -0.326. The van der Waals surface area contributed by atoms with Crippen molar-refractivity contribution >= 4 is 47.0 Å². The molecular weight excluding hydrogens is 889 g/mol. The maximum atomic E-state index is 14.9. The number of benzene rings is 5. The van der Waals surface area contributed by atoms with Gasteiger partial charge in [-0.2, -0.15) is 0 Å². The maximum absolute atomic E-state index is 14.9. The Kier molecular flexibility index (Phi) is 13.2. The first-order chi connectivity index (χ1) is 35.0. The highest BCUT2D eigenvalue weighted by Gasteiger charge is 2.30. The number of para-hydroxylation sites is 4. The van der Waals surface area contributed by atoms with Gasteiger partial charge in [0.1, 0.15) is 11.4 Å². The van der Waals surface area contributed by atoms with Crippen LogP contribution in [0.2, 0.25) is 0 Å². The zero-order chi connectivity index (χ0) is 50.0. The first-order valence-electron chi connectivity index (χ1n) is 25.0. The Hall–Kier alpha value is -8.50. The van der Waals surface area contributed by atoms with Crippen LogP contribution in [0.5, 0.6) is 0 Å². The van der Waals surface area contributed by atoms with E-state index in [4.69, 9.17) is 9.98 Å². The highest BCUT2D eigenvalue weighted by Crippen LogP contribution is 2.42.